The monoisotopic (exact) mass is 611 g/mol. The maximum atomic E-state index is 12.8. The molecule has 0 bridgehead atoms. The largest absolute Gasteiger partial charge is 0.494 e. The van der Waals surface area contributed by atoms with Crippen LogP contribution in [0.4, 0.5) is 11.4 Å². The first-order chi connectivity index (χ1) is 20.8. The van der Waals surface area contributed by atoms with Gasteiger partial charge in [0.25, 0.3) is 0 Å². The number of hydrogen-bond acceptors (Lipinski definition) is 5. The highest BCUT2D eigenvalue weighted by Crippen LogP contribution is 2.45. The third-order valence-electron chi connectivity index (χ3n) is 7.98. The number of rotatable bonds is 7. The molecule has 9 nitrogen and oxygen atoms in total. The Bertz CT molecular complexity index is 1760. The lowest BCUT2D eigenvalue weighted by atomic mass is 9.95. The van der Waals surface area contributed by atoms with Gasteiger partial charge in [-0.05, 0) is 86.6 Å². The second-order valence-electron chi connectivity index (χ2n) is 12.1. The molecule has 228 valence electrons. The lowest BCUT2D eigenvalue weighted by Crippen LogP contribution is -2.30. The Kier molecular flexibility index (Phi) is 8.22. The molecule has 0 saturated carbocycles. The van der Waals surface area contributed by atoms with Crippen molar-refractivity contribution in [3.63, 3.8) is 0 Å². The zero-order valence-electron chi connectivity index (χ0n) is 25.9. The molecule has 0 radical (unpaired) electrons. The Morgan fingerprint density at radius 3 is 2.43 bits per heavy atom. The summed E-state index contributed by atoms with van der Waals surface area (Å²) in [5.74, 6) is -0.587. The molecule has 2 aromatic heterocycles. The van der Waals surface area contributed by atoms with E-state index in [1.54, 1.807) is 25.4 Å². The highest BCUT2D eigenvalue weighted by molar-refractivity contribution is 7.80. The number of carbonyl (C=O) groups excluding carboxylic acids is 1. The number of thiocarbonyl (C=S) groups is 1. The van der Waals surface area contributed by atoms with E-state index in [0.29, 0.717) is 16.5 Å². The van der Waals surface area contributed by atoms with Crippen LogP contribution in [-0.4, -0.2) is 38.8 Å². The quantitative estimate of drug-likeness (QED) is 0.199. The molecular formula is C34H37N5O4S. The summed E-state index contributed by atoms with van der Waals surface area (Å²) in [6, 6.07) is 18.1. The van der Waals surface area contributed by atoms with Crippen LogP contribution in [0.25, 0.3) is 5.69 Å². The van der Waals surface area contributed by atoms with Crippen molar-refractivity contribution in [1.82, 2.24) is 14.9 Å². The van der Waals surface area contributed by atoms with Crippen molar-refractivity contribution in [3.8, 4) is 11.4 Å². The van der Waals surface area contributed by atoms with E-state index in [1.807, 2.05) is 84.0 Å². The molecule has 10 heteroatoms. The second-order valence-corrected chi connectivity index (χ2v) is 12.4. The average molecular weight is 612 g/mol. The van der Waals surface area contributed by atoms with Gasteiger partial charge in [-0.2, -0.15) is 0 Å². The Balaban J connectivity index is 1.65. The Morgan fingerprint density at radius 2 is 1.80 bits per heavy atom. The number of hydrogen-bond donors (Lipinski definition) is 3. The zero-order valence-corrected chi connectivity index (χ0v) is 26.7. The molecule has 3 heterocycles. The minimum Gasteiger partial charge on any atom is -0.494 e. The molecule has 1 aliphatic heterocycles. The van der Waals surface area contributed by atoms with Gasteiger partial charge in [0.1, 0.15) is 5.75 Å². The highest BCUT2D eigenvalue weighted by atomic mass is 32.1. The summed E-state index contributed by atoms with van der Waals surface area (Å²) >= 11 is 5.96. The summed E-state index contributed by atoms with van der Waals surface area (Å²) in [5.41, 5.74) is 6.52. The van der Waals surface area contributed by atoms with Crippen molar-refractivity contribution >= 4 is 40.6 Å². The van der Waals surface area contributed by atoms with Crippen LogP contribution in [0, 0.1) is 26.2 Å². The SMILES string of the molecule is COc1cc(N2C(=S)N[C@H](c3ccccn3)[C@@H]2c2cc(C)n(-c3cc(C(=O)O)ccc3C)c2C)ccc1NC(=O)C(C)(C)C. The predicted molar refractivity (Wildman–Crippen MR) is 176 cm³/mol. The highest BCUT2D eigenvalue weighted by Gasteiger charge is 2.42. The van der Waals surface area contributed by atoms with E-state index in [0.717, 1.165) is 39.6 Å². The molecule has 1 saturated heterocycles. The molecule has 1 fully saturated rings. The number of nitrogens with zero attached hydrogens (tertiary/aromatic N) is 3. The van der Waals surface area contributed by atoms with Crippen molar-refractivity contribution < 1.29 is 19.4 Å². The molecule has 2 atom stereocenters. The minimum atomic E-state index is -0.975. The lowest BCUT2D eigenvalue weighted by molar-refractivity contribution is -0.123. The molecule has 3 N–H and O–H groups in total. The number of amides is 1. The number of aryl methyl sites for hydroxylation is 2. The van der Waals surface area contributed by atoms with Crippen molar-refractivity contribution in [2.75, 3.05) is 17.3 Å². The van der Waals surface area contributed by atoms with Crippen LogP contribution in [-0.2, 0) is 4.79 Å². The smallest absolute Gasteiger partial charge is 0.335 e. The number of pyridine rings is 1. The van der Waals surface area contributed by atoms with E-state index >= 15 is 0 Å². The molecule has 2 aromatic carbocycles. The van der Waals surface area contributed by atoms with Crippen molar-refractivity contribution in [1.29, 1.82) is 0 Å². The summed E-state index contributed by atoms with van der Waals surface area (Å²) in [6.45, 7) is 11.6. The summed E-state index contributed by atoms with van der Waals surface area (Å²) < 4.78 is 7.82. The van der Waals surface area contributed by atoms with Crippen LogP contribution >= 0.6 is 12.2 Å². The minimum absolute atomic E-state index is 0.121. The number of aromatic carboxylic acids is 1. The van der Waals surface area contributed by atoms with Gasteiger partial charge in [-0.3, -0.25) is 9.78 Å². The van der Waals surface area contributed by atoms with Crippen LogP contribution in [0.1, 0.15) is 71.4 Å². The fourth-order valence-corrected chi connectivity index (χ4v) is 5.98. The van der Waals surface area contributed by atoms with Gasteiger partial charge in [0, 0.05) is 40.4 Å². The number of nitrogens with one attached hydrogen (secondary N) is 2. The fourth-order valence-electron chi connectivity index (χ4n) is 5.63. The van der Waals surface area contributed by atoms with Gasteiger partial charge in [-0.1, -0.05) is 32.9 Å². The lowest BCUT2D eigenvalue weighted by Gasteiger charge is -2.29. The van der Waals surface area contributed by atoms with Crippen LogP contribution in [0.15, 0.2) is 66.9 Å². The first kappa shape index (κ1) is 30.7. The van der Waals surface area contributed by atoms with Crippen LogP contribution < -0.4 is 20.3 Å². The van der Waals surface area contributed by atoms with Gasteiger partial charge in [0.15, 0.2) is 5.11 Å². The number of carboxylic acids is 1. The maximum Gasteiger partial charge on any atom is 0.335 e. The summed E-state index contributed by atoms with van der Waals surface area (Å²) in [7, 11) is 1.57. The zero-order chi connectivity index (χ0) is 31.9. The molecule has 0 spiro atoms. The van der Waals surface area contributed by atoms with Crippen molar-refractivity contribution in [3.05, 3.63) is 101 Å². The van der Waals surface area contributed by atoms with Crippen LogP contribution in [0.3, 0.4) is 0 Å². The third kappa shape index (κ3) is 5.65. The van der Waals surface area contributed by atoms with Gasteiger partial charge in [-0.15, -0.1) is 0 Å². The van der Waals surface area contributed by atoms with Crippen LogP contribution in [0.2, 0.25) is 0 Å². The molecule has 1 amide bonds. The maximum absolute atomic E-state index is 12.8. The first-order valence-corrected chi connectivity index (χ1v) is 14.8. The van der Waals surface area contributed by atoms with E-state index in [2.05, 4.69) is 31.2 Å². The normalized spacial score (nSPS) is 16.5. The second kappa shape index (κ2) is 11.8. The van der Waals surface area contributed by atoms with Crippen molar-refractivity contribution in [2.24, 2.45) is 5.41 Å². The number of ether oxygens (including phenoxy) is 1. The van der Waals surface area contributed by atoms with E-state index in [-0.39, 0.29) is 23.6 Å². The number of aromatic nitrogens is 2. The summed E-state index contributed by atoms with van der Waals surface area (Å²) in [6.07, 6.45) is 1.76. The van der Waals surface area contributed by atoms with E-state index < -0.39 is 11.4 Å². The Morgan fingerprint density at radius 1 is 1.05 bits per heavy atom. The van der Waals surface area contributed by atoms with Gasteiger partial charge >= 0.3 is 5.97 Å². The van der Waals surface area contributed by atoms with Crippen molar-refractivity contribution in [2.45, 2.75) is 53.6 Å². The number of methoxy groups -OCH3 is 1. The molecule has 44 heavy (non-hydrogen) atoms. The third-order valence-corrected chi connectivity index (χ3v) is 8.29. The molecule has 1 aliphatic rings. The number of carbonyl (C=O) groups is 2. The number of benzene rings is 2. The van der Waals surface area contributed by atoms with E-state index in [9.17, 15) is 14.7 Å². The van der Waals surface area contributed by atoms with Gasteiger partial charge < -0.3 is 29.9 Å². The molecule has 0 aliphatic carbocycles. The Hall–Kier alpha value is -4.70. The number of carboxylic acid groups (broad SMARTS) is 1. The average Bonchev–Trinajstić information content (AvgIpc) is 3.48. The molecule has 5 rings (SSSR count). The van der Waals surface area contributed by atoms with Crippen LogP contribution in [0.5, 0.6) is 5.75 Å². The number of anilines is 2. The van der Waals surface area contributed by atoms with Gasteiger partial charge in [-0.25, -0.2) is 4.79 Å². The molecular weight excluding hydrogens is 574 g/mol. The standard InChI is InChI=1S/C34H37N5O4S/c1-19-11-12-22(31(40)41)17-27(19)38-20(2)16-24(21(38)3)30-29(26-10-8-9-15-35-26)37-33(44)39(30)23-13-14-25(28(18-23)43-7)36-32(42)34(4,5)6/h8-18,29-30H,1-7H3,(H,36,42)(H,37,44)(H,40,41)/t29-,30+/m1/s1. The summed E-state index contributed by atoms with van der Waals surface area (Å²) in [4.78, 5) is 31.3. The van der Waals surface area contributed by atoms with Gasteiger partial charge in [0.2, 0.25) is 5.91 Å². The topological polar surface area (TPSA) is 109 Å². The van der Waals surface area contributed by atoms with Gasteiger partial charge in [0.05, 0.1) is 36.1 Å². The fraction of sp³-hybridized carbons (Fsp3) is 0.294. The molecule has 0 unspecified atom stereocenters. The summed E-state index contributed by atoms with van der Waals surface area (Å²) in [5, 5.41) is 16.7. The first-order valence-electron chi connectivity index (χ1n) is 14.3. The Labute approximate surface area is 262 Å². The molecule has 4 aromatic rings. The van der Waals surface area contributed by atoms with E-state index in [1.165, 1.54) is 0 Å². The van der Waals surface area contributed by atoms with E-state index in [4.69, 9.17) is 17.0 Å². The predicted octanol–water partition coefficient (Wildman–Crippen LogP) is 6.67.